The molecule has 1 aliphatic rings. The van der Waals surface area contributed by atoms with Gasteiger partial charge in [0.25, 0.3) is 0 Å². The summed E-state index contributed by atoms with van der Waals surface area (Å²) in [4.78, 5) is 0. The average molecular weight is 126 g/mol. The van der Waals surface area contributed by atoms with Crippen molar-refractivity contribution in [1.82, 2.24) is 0 Å². The first-order chi connectivity index (χ1) is 4.34. The average Bonchev–Trinajstić information content (AvgIpc) is 1.89. The number of ether oxygens (including phenoxy) is 1. The van der Waals surface area contributed by atoms with Crippen LogP contribution in [-0.2, 0) is 4.74 Å². The number of rotatable bonds is 1. The van der Waals surface area contributed by atoms with Gasteiger partial charge in [-0.3, -0.25) is 0 Å². The van der Waals surface area contributed by atoms with Crippen LogP contribution in [-0.4, -0.2) is 13.2 Å². The lowest BCUT2D eigenvalue weighted by atomic mass is 10.0. The predicted octanol–water partition coefficient (Wildman–Crippen LogP) is 2.13. The Bertz CT molecular complexity index is 125. The molecule has 0 saturated carbocycles. The zero-order valence-electron chi connectivity index (χ0n) is 6.24. The van der Waals surface area contributed by atoms with Crippen LogP contribution in [0, 0.1) is 0 Å². The second-order valence-electron chi connectivity index (χ2n) is 2.54. The van der Waals surface area contributed by atoms with Crippen molar-refractivity contribution in [2.45, 2.75) is 26.7 Å². The zero-order chi connectivity index (χ0) is 6.69. The van der Waals surface area contributed by atoms with Crippen molar-refractivity contribution in [3.8, 4) is 0 Å². The van der Waals surface area contributed by atoms with Crippen molar-refractivity contribution in [2.75, 3.05) is 13.2 Å². The van der Waals surface area contributed by atoms with Gasteiger partial charge in [0.05, 0.1) is 13.2 Å². The lowest BCUT2D eigenvalue weighted by Gasteiger charge is -2.16. The van der Waals surface area contributed by atoms with E-state index in [-0.39, 0.29) is 0 Å². The first kappa shape index (κ1) is 6.81. The molecule has 1 rings (SSSR count). The van der Waals surface area contributed by atoms with Gasteiger partial charge in [0.15, 0.2) is 0 Å². The largest absolute Gasteiger partial charge is 0.377 e. The molecule has 52 valence electrons. The topological polar surface area (TPSA) is 9.23 Å². The third-order valence-electron chi connectivity index (χ3n) is 1.93. The van der Waals surface area contributed by atoms with E-state index in [1.165, 1.54) is 5.57 Å². The molecule has 0 N–H and O–H groups in total. The summed E-state index contributed by atoms with van der Waals surface area (Å²) >= 11 is 0. The van der Waals surface area contributed by atoms with Gasteiger partial charge in [-0.05, 0) is 25.3 Å². The highest BCUT2D eigenvalue weighted by molar-refractivity contribution is 5.13. The highest BCUT2D eigenvalue weighted by Crippen LogP contribution is 2.16. The molecule has 0 bridgehead atoms. The van der Waals surface area contributed by atoms with Gasteiger partial charge in [-0.2, -0.15) is 0 Å². The molecule has 0 spiro atoms. The second-order valence-corrected chi connectivity index (χ2v) is 2.54. The van der Waals surface area contributed by atoms with E-state index < -0.39 is 0 Å². The predicted molar refractivity (Wildman–Crippen MR) is 38.4 cm³/mol. The molecule has 0 atom stereocenters. The van der Waals surface area contributed by atoms with Crippen LogP contribution in [0.25, 0.3) is 0 Å². The molecular formula is C8H14O. The van der Waals surface area contributed by atoms with Gasteiger partial charge in [0.1, 0.15) is 0 Å². The van der Waals surface area contributed by atoms with E-state index in [0.29, 0.717) is 0 Å². The Morgan fingerprint density at radius 1 is 1.56 bits per heavy atom. The normalized spacial score (nSPS) is 20.7. The quantitative estimate of drug-likeness (QED) is 0.489. The fourth-order valence-electron chi connectivity index (χ4n) is 1.12. The summed E-state index contributed by atoms with van der Waals surface area (Å²) in [5, 5.41) is 0. The Morgan fingerprint density at radius 3 is 2.78 bits per heavy atom. The number of hydrogen-bond donors (Lipinski definition) is 0. The molecule has 1 heterocycles. The fourth-order valence-corrected chi connectivity index (χ4v) is 1.12. The summed E-state index contributed by atoms with van der Waals surface area (Å²) in [6.07, 6.45) is 2.30. The summed E-state index contributed by atoms with van der Waals surface area (Å²) in [6, 6.07) is 0. The lowest BCUT2D eigenvalue weighted by Crippen LogP contribution is -2.08. The van der Waals surface area contributed by atoms with Crippen LogP contribution in [0.5, 0.6) is 0 Å². The SMILES string of the molecule is CCC1=C(C)CCOC1. The zero-order valence-corrected chi connectivity index (χ0v) is 6.24. The maximum Gasteiger partial charge on any atom is 0.0679 e. The lowest BCUT2D eigenvalue weighted by molar-refractivity contribution is 0.144. The summed E-state index contributed by atoms with van der Waals surface area (Å²) in [5.41, 5.74) is 3.05. The Labute approximate surface area is 56.7 Å². The Kier molecular flexibility index (Phi) is 2.29. The van der Waals surface area contributed by atoms with E-state index in [0.717, 1.165) is 26.1 Å². The monoisotopic (exact) mass is 126 g/mol. The van der Waals surface area contributed by atoms with Crippen molar-refractivity contribution in [2.24, 2.45) is 0 Å². The standard InChI is InChI=1S/C8H14O/c1-3-8-6-9-5-4-7(8)2/h3-6H2,1-2H3. The molecule has 0 aromatic heterocycles. The van der Waals surface area contributed by atoms with Gasteiger partial charge in [-0.1, -0.05) is 12.5 Å². The van der Waals surface area contributed by atoms with Crippen LogP contribution in [0.3, 0.4) is 0 Å². The molecule has 0 aromatic carbocycles. The molecule has 1 aliphatic heterocycles. The molecular weight excluding hydrogens is 112 g/mol. The van der Waals surface area contributed by atoms with Gasteiger partial charge in [0, 0.05) is 0 Å². The van der Waals surface area contributed by atoms with Crippen molar-refractivity contribution in [3.63, 3.8) is 0 Å². The van der Waals surface area contributed by atoms with Crippen LogP contribution in [0.15, 0.2) is 11.1 Å². The Morgan fingerprint density at radius 2 is 2.33 bits per heavy atom. The molecule has 0 aliphatic carbocycles. The van der Waals surface area contributed by atoms with Gasteiger partial charge in [-0.25, -0.2) is 0 Å². The minimum absolute atomic E-state index is 0.877. The van der Waals surface area contributed by atoms with Crippen molar-refractivity contribution < 1.29 is 4.74 Å². The molecule has 0 saturated heterocycles. The van der Waals surface area contributed by atoms with Crippen molar-refractivity contribution in [1.29, 1.82) is 0 Å². The summed E-state index contributed by atoms with van der Waals surface area (Å²) in [6.45, 7) is 6.20. The van der Waals surface area contributed by atoms with E-state index in [1.54, 1.807) is 5.57 Å². The van der Waals surface area contributed by atoms with Crippen molar-refractivity contribution in [3.05, 3.63) is 11.1 Å². The Hall–Kier alpha value is -0.300. The van der Waals surface area contributed by atoms with Gasteiger partial charge < -0.3 is 4.74 Å². The first-order valence-electron chi connectivity index (χ1n) is 3.60. The highest BCUT2D eigenvalue weighted by Gasteiger charge is 2.05. The van der Waals surface area contributed by atoms with Crippen LogP contribution in [0.4, 0.5) is 0 Å². The minimum Gasteiger partial charge on any atom is -0.377 e. The Balaban J connectivity index is 2.59. The maximum atomic E-state index is 5.29. The second kappa shape index (κ2) is 3.02. The smallest absolute Gasteiger partial charge is 0.0679 e. The van der Waals surface area contributed by atoms with E-state index in [4.69, 9.17) is 4.74 Å². The van der Waals surface area contributed by atoms with E-state index in [1.807, 2.05) is 0 Å². The molecule has 1 nitrogen and oxygen atoms in total. The molecule has 0 radical (unpaired) electrons. The van der Waals surface area contributed by atoms with E-state index in [9.17, 15) is 0 Å². The molecule has 1 heteroatoms. The van der Waals surface area contributed by atoms with Crippen LogP contribution >= 0.6 is 0 Å². The summed E-state index contributed by atoms with van der Waals surface area (Å²) in [5.74, 6) is 0. The first-order valence-corrected chi connectivity index (χ1v) is 3.60. The van der Waals surface area contributed by atoms with Crippen molar-refractivity contribution >= 4 is 0 Å². The molecule has 9 heavy (non-hydrogen) atoms. The van der Waals surface area contributed by atoms with Gasteiger partial charge in [-0.15, -0.1) is 0 Å². The number of hydrogen-bond acceptors (Lipinski definition) is 1. The minimum atomic E-state index is 0.877. The molecule has 0 fully saturated rings. The summed E-state index contributed by atoms with van der Waals surface area (Å²) < 4.78 is 5.29. The van der Waals surface area contributed by atoms with Crippen LogP contribution in [0.2, 0.25) is 0 Å². The molecule has 0 unspecified atom stereocenters. The highest BCUT2D eigenvalue weighted by atomic mass is 16.5. The van der Waals surface area contributed by atoms with Crippen LogP contribution in [0.1, 0.15) is 26.7 Å². The molecule has 0 aromatic rings. The fraction of sp³-hybridized carbons (Fsp3) is 0.750. The third kappa shape index (κ3) is 1.55. The summed E-state index contributed by atoms with van der Waals surface area (Å²) in [7, 11) is 0. The maximum absolute atomic E-state index is 5.29. The van der Waals surface area contributed by atoms with Crippen LogP contribution < -0.4 is 0 Å². The van der Waals surface area contributed by atoms with Gasteiger partial charge in [0.2, 0.25) is 0 Å². The third-order valence-corrected chi connectivity index (χ3v) is 1.93. The molecule has 0 amide bonds. The van der Waals surface area contributed by atoms with Gasteiger partial charge >= 0.3 is 0 Å². The van der Waals surface area contributed by atoms with E-state index in [2.05, 4.69) is 13.8 Å². The van der Waals surface area contributed by atoms with E-state index >= 15 is 0 Å².